The predicted molar refractivity (Wildman–Crippen MR) is 366 cm³/mol. The molecule has 0 bridgehead atoms. The van der Waals surface area contributed by atoms with Gasteiger partial charge in [0.1, 0.15) is 0 Å². The number of fused-ring (bicyclic) bond motifs is 6. The zero-order valence-electron chi connectivity index (χ0n) is 46.2. The Morgan fingerprint density at radius 3 is 1.19 bits per heavy atom. The molecule has 1 aliphatic rings. The highest BCUT2D eigenvalue weighted by Gasteiger charge is 2.34. The van der Waals surface area contributed by atoms with Crippen molar-refractivity contribution >= 4 is 163 Å². The summed E-state index contributed by atoms with van der Waals surface area (Å²) >= 11 is 20.4. The van der Waals surface area contributed by atoms with Gasteiger partial charge in [0.2, 0.25) is 0 Å². The average molecular weight is 1300 g/mol. The highest BCUT2D eigenvalue weighted by Crippen LogP contribution is 2.44. The lowest BCUT2D eigenvalue weighted by Gasteiger charge is -2.32. The van der Waals surface area contributed by atoms with Gasteiger partial charge >= 0.3 is 7.12 Å². The molecule has 0 amide bonds. The van der Waals surface area contributed by atoms with Gasteiger partial charge < -0.3 is 9.31 Å². The van der Waals surface area contributed by atoms with E-state index in [1.807, 2.05) is 79.4 Å². The fraction of sp³-hybridized carbons (Fsp3) is 0.343. The molecule has 0 unspecified atom stereocenters. The van der Waals surface area contributed by atoms with Crippen molar-refractivity contribution in [3.05, 3.63) is 157 Å². The molecule has 1 aliphatic heterocycles. The number of hydrogen-bond donors (Lipinski definition) is 0. The van der Waals surface area contributed by atoms with E-state index in [4.69, 9.17) is 9.31 Å². The van der Waals surface area contributed by atoms with Crippen LogP contribution in [0.3, 0.4) is 0 Å². The smallest absolute Gasteiger partial charge is 0.406 e. The van der Waals surface area contributed by atoms with E-state index in [0.717, 1.165) is 22.2 Å². The standard InChI is InChI=1S/C40H40S5.C15H25BO2S.C12H6Br2S/c1-3-5-7-9-11-29-15-19-37(41-29)39-23-21-33(43-39)27-13-17-35-31(25-27)32-26-28(14-18-36(32)45-35)34-22-24-40(44-34)38-20-16-30(42-38)12-10-8-6-4-2;1-4-5-6-7-8-13-9-10-14(19-13)16-17-11-15(2,3)12-18-16;13-7-1-3-11-9(5-7)10-6-8(14)2-4-12(10)15-11/h13-26H,3-12H2,1-2H3;9-10H,4-8,11-12H2,1-3H3;1-6H. The second-order valence-electron chi connectivity index (χ2n) is 21.6. The van der Waals surface area contributed by atoms with Crippen molar-refractivity contribution in [1.29, 1.82) is 0 Å². The Bertz CT molecular complexity index is 3500. The maximum atomic E-state index is 5.82. The average Bonchev–Trinajstić information content (AvgIpc) is 4.48. The molecule has 0 saturated carbocycles. The summed E-state index contributed by atoms with van der Waals surface area (Å²) in [5, 5.41) is 5.39. The van der Waals surface area contributed by atoms with Crippen LogP contribution in [0, 0.1) is 5.41 Å². The molecule has 8 heterocycles. The van der Waals surface area contributed by atoms with Crippen molar-refractivity contribution in [2.45, 2.75) is 131 Å². The van der Waals surface area contributed by atoms with Crippen LogP contribution in [0.15, 0.2) is 142 Å². The first-order chi connectivity index (χ1) is 38.5. The van der Waals surface area contributed by atoms with Crippen LogP contribution in [0.1, 0.15) is 126 Å². The molecular weight excluding hydrogens is 1230 g/mol. The Labute approximate surface area is 514 Å². The first-order valence-corrected chi connectivity index (χ1v) is 35.8. The van der Waals surface area contributed by atoms with Gasteiger partial charge in [-0.25, -0.2) is 0 Å². The van der Waals surface area contributed by atoms with Crippen molar-refractivity contribution in [2.24, 2.45) is 5.41 Å². The van der Waals surface area contributed by atoms with Crippen LogP contribution < -0.4 is 4.78 Å². The van der Waals surface area contributed by atoms with Gasteiger partial charge in [0.05, 0.1) is 0 Å². The Kier molecular flexibility index (Phi) is 21.2. The lowest BCUT2D eigenvalue weighted by molar-refractivity contribution is 0.0346. The molecule has 12 heteroatoms. The van der Waals surface area contributed by atoms with Crippen LogP contribution in [-0.2, 0) is 28.6 Å². The van der Waals surface area contributed by atoms with E-state index in [0.29, 0.717) is 0 Å². The highest BCUT2D eigenvalue weighted by molar-refractivity contribution is 9.10. The van der Waals surface area contributed by atoms with Gasteiger partial charge in [-0.3, -0.25) is 0 Å². The number of rotatable bonds is 20. The van der Waals surface area contributed by atoms with Crippen molar-refractivity contribution in [2.75, 3.05) is 13.2 Å². The molecule has 79 heavy (non-hydrogen) atoms. The van der Waals surface area contributed by atoms with E-state index in [1.165, 1.54) is 196 Å². The minimum absolute atomic E-state index is 0.137. The SMILES string of the molecule is Brc1ccc2sc3ccc(Br)cc3c2c1.CCCCCCc1ccc(-c2ccc(-c3ccc4sc5ccc(-c6ccc(-c7ccc(CCCCCC)s7)s6)cc5c4c3)s2)s1.CCCCCCc1ccc(B2OCC(C)(C)CO2)s1. The second-order valence-corrected chi connectivity index (χ2v) is 31.3. The zero-order chi connectivity index (χ0) is 54.7. The summed E-state index contributed by atoms with van der Waals surface area (Å²) in [5.74, 6) is 0. The predicted octanol–water partition coefficient (Wildman–Crippen LogP) is 24.4. The molecule has 2 nitrogen and oxygen atoms in total. The fourth-order valence-corrected chi connectivity index (χ4v) is 18.2. The summed E-state index contributed by atoms with van der Waals surface area (Å²) in [6.07, 6.45) is 19.5. The van der Waals surface area contributed by atoms with Gasteiger partial charge in [0.25, 0.3) is 0 Å². The van der Waals surface area contributed by atoms with Crippen molar-refractivity contribution in [1.82, 2.24) is 0 Å². The minimum Gasteiger partial charge on any atom is -0.406 e. The normalized spacial score (nSPS) is 13.4. The molecule has 0 spiro atoms. The Morgan fingerprint density at radius 1 is 0.380 bits per heavy atom. The van der Waals surface area contributed by atoms with Crippen LogP contribution in [0.5, 0.6) is 0 Å². The van der Waals surface area contributed by atoms with Crippen LogP contribution in [-0.4, -0.2) is 20.3 Å². The van der Waals surface area contributed by atoms with Gasteiger partial charge in [0.15, 0.2) is 0 Å². The van der Waals surface area contributed by atoms with Gasteiger partial charge in [-0.15, -0.1) is 79.4 Å². The molecule has 4 aromatic carbocycles. The number of thiophene rings is 7. The van der Waals surface area contributed by atoms with Crippen molar-refractivity contribution in [3.63, 3.8) is 0 Å². The molecule has 0 N–H and O–H groups in total. The maximum Gasteiger partial charge on any atom is 0.504 e. The van der Waals surface area contributed by atoms with Crippen LogP contribution in [0.4, 0.5) is 0 Å². The summed E-state index contributed by atoms with van der Waals surface area (Å²) < 4.78 is 20.5. The number of aryl methyl sites for hydroxylation is 3. The molecule has 0 atom stereocenters. The lowest BCUT2D eigenvalue weighted by atomic mass is 9.82. The second kappa shape index (κ2) is 28.4. The molecular formula is C67H71BBr2O2S7. The van der Waals surface area contributed by atoms with E-state index in [2.05, 4.69) is 200 Å². The van der Waals surface area contributed by atoms with E-state index < -0.39 is 0 Å². The van der Waals surface area contributed by atoms with E-state index >= 15 is 0 Å². The third-order valence-corrected chi connectivity index (χ3v) is 23.9. The van der Waals surface area contributed by atoms with E-state index in [1.54, 1.807) is 0 Å². The third-order valence-electron chi connectivity index (χ3n) is 14.4. The molecule has 1 saturated heterocycles. The van der Waals surface area contributed by atoms with Crippen molar-refractivity contribution < 1.29 is 9.31 Å². The lowest BCUT2D eigenvalue weighted by Crippen LogP contribution is -2.46. The third kappa shape index (κ3) is 15.5. The minimum atomic E-state index is -0.137. The van der Waals surface area contributed by atoms with E-state index in [9.17, 15) is 0 Å². The quantitative estimate of drug-likeness (QED) is 0.0559. The summed E-state index contributed by atoms with van der Waals surface area (Å²) in [6.45, 7) is 12.7. The van der Waals surface area contributed by atoms with Crippen LogP contribution in [0.2, 0.25) is 0 Å². The van der Waals surface area contributed by atoms with Gasteiger partial charge in [-0.2, -0.15) is 0 Å². The topological polar surface area (TPSA) is 18.5 Å². The summed E-state index contributed by atoms with van der Waals surface area (Å²) in [7, 11) is -0.137. The van der Waals surface area contributed by atoms with E-state index in [-0.39, 0.29) is 12.5 Å². The molecule has 410 valence electrons. The summed E-state index contributed by atoms with van der Waals surface area (Å²) in [4.78, 5) is 12.8. The first-order valence-electron chi connectivity index (χ1n) is 28.5. The molecule has 0 aliphatic carbocycles. The zero-order valence-corrected chi connectivity index (χ0v) is 55.1. The monoisotopic (exact) mass is 1300 g/mol. The number of hydrogen-bond acceptors (Lipinski definition) is 9. The fourth-order valence-electron chi connectivity index (χ4n) is 10.0. The summed E-state index contributed by atoms with van der Waals surface area (Å²) in [5.41, 5.74) is 2.79. The Balaban J connectivity index is 0.000000168. The molecule has 1 fully saturated rings. The van der Waals surface area contributed by atoms with Crippen LogP contribution >= 0.6 is 111 Å². The largest absolute Gasteiger partial charge is 0.504 e. The number of benzene rings is 4. The van der Waals surface area contributed by atoms with Crippen molar-refractivity contribution in [3.8, 4) is 40.4 Å². The molecule has 0 radical (unpaired) electrons. The Hall–Kier alpha value is -3.24. The van der Waals surface area contributed by atoms with Gasteiger partial charge in [-0.1, -0.05) is 142 Å². The molecule has 12 rings (SSSR count). The summed E-state index contributed by atoms with van der Waals surface area (Å²) in [6, 6.07) is 50.0. The highest BCUT2D eigenvalue weighted by atomic mass is 79.9. The van der Waals surface area contributed by atoms with Gasteiger partial charge in [0, 0.05) is 117 Å². The number of halogens is 2. The Morgan fingerprint density at radius 2 is 0.747 bits per heavy atom. The van der Waals surface area contributed by atoms with Gasteiger partial charge in [-0.05, 0) is 165 Å². The molecule has 7 aromatic heterocycles. The maximum absolute atomic E-state index is 5.82. The number of unbranched alkanes of at least 4 members (excludes halogenated alkanes) is 9. The molecule has 11 aromatic rings. The first kappa shape index (κ1) is 58.9. The van der Waals surface area contributed by atoms with Crippen LogP contribution in [0.25, 0.3) is 80.7 Å².